The van der Waals surface area contributed by atoms with Crippen molar-refractivity contribution >= 4 is 5.91 Å². The second-order valence-electron chi connectivity index (χ2n) is 7.50. The summed E-state index contributed by atoms with van der Waals surface area (Å²) in [6.07, 6.45) is 2.76. The average molecular weight is 334 g/mol. The highest BCUT2D eigenvalue weighted by Crippen LogP contribution is 2.30. The zero-order chi connectivity index (χ0) is 17.3. The van der Waals surface area contributed by atoms with Crippen LogP contribution in [-0.4, -0.2) is 59.1 Å². The molecule has 4 nitrogen and oxygen atoms in total. The Labute approximate surface area is 143 Å². The van der Waals surface area contributed by atoms with Gasteiger partial charge in [0.25, 0.3) is 0 Å². The molecule has 3 rings (SSSR count). The zero-order valence-electron chi connectivity index (χ0n) is 14.5. The number of piperazine rings is 1. The van der Waals surface area contributed by atoms with Crippen LogP contribution in [0.3, 0.4) is 0 Å². The molecule has 1 aliphatic carbocycles. The van der Waals surface area contributed by atoms with E-state index in [0.717, 1.165) is 32.4 Å². The molecule has 1 aliphatic heterocycles. The topological polar surface area (TPSA) is 43.8 Å². The molecule has 0 spiro atoms. The summed E-state index contributed by atoms with van der Waals surface area (Å²) in [5.41, 5.74) is -0.427. The summed E-state index contributed by atoms with van der Waals surface area (Å²) in [5, 5.41) is 10.1. The van der Waals surface area contributed by atoms with Crippen LogP contribution in [-0.2, 0) is 10.2 Å². The number of hydrogen-bond acceptors (Lipinski definition) is 3. The molecule has 2 atom stereocenters. The van der Waals surface area contributed by atoms with E-state index in [2.05, 4.69) is 4.90 Å². The Kier molecular flexibility index (Phi) is 4.92. The van der Waals surface area contributed by atoms with Gasteiger partial charge in [0.15, 0.2) is 0 Å². The van der Waals surface area contributed by atoms with Crippen LogP contribution in [0.1, 0.15) is 38.7 Å². The van der Waals surface area contributed by atoms with Gasteiger partial charge in [0.2, 0.25) is 5.91 Å². The van der Waals surface area contributed by atoms with Crippen molar-refractivity contribution in [2.75, 3.05) is 26.2 Å². The number of amides is 1. The van der Waals surface area contributed by atoms with Crippen LogP contribution < -0.4 is 0 Å². The SMILES string of the molecule is CC(C)(C(=O)N1CCN([C@H]2CCC[C@@H]2O)CC1)c1ccccc1F. The normalized spacial score (nSPS) is 25.9. The molecule has 1 aromatic rings. The third kappa shape index (κ3) is 3.20. The molecule has 1 amide bonds. The Morgan fingerprint density at radius 2 is 1.83 bits per heavy atom. The number of rotatable bonds is 3. The quantitative estimate of drug-likeness (QED) is 0.921. The van der Waals surface area contributed by atoms with Crippen molar-refractivity contribution in [3.05, 3.63) is 35.6 Å². The van der Waals surface area contributed by atoms with Crippen LogP contribution in [0, 0.1) is 5.82 Å². The fourth-order valence-corrected chi connectivity index (χ4v) is 4.08. The molecular weight excluding hydrogens is 307 g/mol. The van der Waals surface area contributed by atoms with Crippen molar-refractivity contribution < 1.29 is 14.3 Å². The molecule has 0 radical (unpaired) electrons. The van der Waals surface area contributed by atoms with Crippen LogP contribution in [0.5, 0.6) is 0 Å². The molecule has 24 heavy (non-hydrogen) atoms. The first-order valence-corrected chi connectivity index (χ1v) is 8.88. The van der Waals surface area contributed by atoms with E-state index in [9.17, 15) is 14.3 Å². The molecule has 0 bridgehead atoms. The zero-order valence-corrected chi connectivity index (χ0v) is 14.5. The molecular formula is C19H27FN2O2. The van der Waals surface area contributed by atoms with Crippen LogP contribution in [0.4, 0.5) is 4.39 Å². The van der Waals surface area contributed by atoms with Crippen LogP contribution in [0.25, 0.3) is 0 Å². The van der Waals surface area contributed by atoms with Gasteiger partial charge in [-0.05, 0) is 39.2 Å². The minimum atomic E-state index is -0.875. The number of aliphatic hydroxyl groups is 1. The molecule has 1 N–H and O–H groups in total. The second-order valence-corrected chi connectivity index (χ2v) is 7.50. The first kappa shape index (κ1) is 17.4. The maximum absolute atomic E-state index is 14.1. The summed E-state index contributed by atoms with van der Waals surface area (Å²) in [5.74, 6) is -0.359. The highest BCUT2D eigenvalue weighted by atomic mass is 19.1. The number of nitrogens with zero attached hydrogens (tertiary/aromatic N) is 2. The van der Waals surface area contributed by atoms with Crippen molar-refractivity contribution in [3.63, 3.8) is 0 Å². The van der Waals surface area contributed by atoms with Gasteiger partial charge in [-0.2, -0.15) is 0 Å². The summed E-state index contributed by atoms with van der Waals surface area (Å²) in [4.78, 5) is 17.1. The smallest absolute Gasteiger partial charge is 0.232 e. The van der Waals surface area contributed by atoms with E-state index in [1.807, 2.05) is 4.90 Å². The predicted molar refractivity (Wildman–Crippen MR) is 91.2 cm³/mol. The van der Waals surface area contributed by atoms with Gasteiger partial charge in [-0.3, -0.25) is 9.69 Å². The van der Waals surface area contributed by atoms with Gasteiger partial charge in [0, 0.05) is 37.8 Å². The lowest BCUT2D eigenvalue weighted by atomic mass is 9.82. The van der Waals surface area contributed by atoms with Gasteiger partial charge in [-0.25, -0.2) is 4.39 Å². The molecule has 1 saturated heterocycles. The van der Waals surface area contributed by atoms with Gasteiger partial charge in [0.05, 0.1) is 11.5 Å². The Morgan fingerprint density at radius 1 is 1.17 bits per heavy atom. The number of halogens is 1. The molecule has 2 fully saturated rings. The van der Waals surface area contributed by atoms with E-state index in [1.54, 1.807) is 32.0 Å². The predicted octanol–water partition coefficient (Wildman–Crippen LogP) is 2.16. The number of benzene rings is 1. The van der Waals surface area contributed by atoms with Gasteiger partial charge < -0.3 is 10.0 Å². The lowest BCUT2D eigenvalue weighted by molar-refractivity contribution is -0.138. The van der Waals surface area contributed by atoms with Crippen molar-refractivity contribution in [1.29, 1.82) is 0 Å². The van der Waals surface area contributed by atoms with E-state index in [4.69, 9.17) is 0 Å². The monoisotopic (exact) mass is 334 g/mol. The summed E-state index contributed by atoms with van der Waals surface area (Å²) in [6, 6.07) is 6.75. The van der Waals surface area contributed by atoms with Gasteiger partial charge in [0.1, 0.15) is 5.82 Å². The van der Waals surface area contributed by atoms with Gasteiger partial charge in [-0.15, -0.1) is 0 Å². The maximum atomic E-state index is 14.1. The number of carbonyl (C=O) groups excluding carboxylic acids is 1. The molecule has 2 aliphatic rings. The minimum Gasteiger partial charge on any atom is -0.391 e. The van der Waals surface area contributed by atoms with E-state index < -0.39 is 5.41 Å². The molecule has 1 aromatic carbocycles. The highest BCUT2D eigenvalue weighted by molar-refractivity contribution is 5.87. The summed E-state index contributed by atoms with van der Waals surface area (Å²) < 4.78 is 14.1. The number of aliphatic hydroxyl groups excluding tert-OH is 1. The van der Waals surface area contributed by atoms with Crippen molar-refractivity contribution in [1.82, 2.24) is 9.80 Å². The van der Waals surface area contributed by atoms with E-state index in [1.165, 1.54) is 6.07 Å². The molecule has 1 heterocycles. The van der Waals surface area contributed by atoms with Crippen LogP contribution in [0.15, 0.2) is 24.3 Å². The number of carbonyl (C=O) groups is 1. The molecule has 0 aromatic heterocycles. The Balaban J connectivity index is 1.65. The van der Waals surface area contributed by atoms with Gasteiger partial charge in [-0.1, -0.05) is 18.2 Å². The average Bonchev–Trinajstić information content (AvgIpc) is 3.00. The van der Waals surface area contributed by atoms with E-state index in [-0.39, 0.29) is 23.9 Å². The molecule has 5 heteroatoms. The largest absolute Gasteiger partial charge is 0.391 e. The molecule has 0 unspecified atom stereocenters. The number of hydrogen-bond donors (Lipinski definition) is 1. The van der Waals surface area contributed by atoms with E-state index >= 15 is 0 Å². The van der Waals surface area contributed by atoms with Crippen molar-refractivity contribution in [2.45, 2.75) is 50.7 Å². The minimum absolute atomic E-state index is 0.0285. The molecule has 1 saturated carbocycles. The second kappa shape index (κ2) is 6.81. The Bertz CT molecular complexity index is 597. The first-order valence-electron chi connectivity index (χ1n) is 8.88. The Morgan fingerprint density at radius 3 is 2.42 bits per heavy atom. The summed E-state index contributed by atoms with van der Waals surface area (Å²) in [6.45, 7) is 6.42. The lowest BCUT2D eigenvalue weighted by Crippen LogP contribution is -2.56. The third-order valence-corrected chi connectivity index (χ3v) is 5.60. The summed E-state index contributed by atoms with van der Waals surface area (Å²) in [7, 11) is 0. The molecule has 132 valence electrons. The highest BCUT2D eigenvalue weighted by Gasteiger charge is 2.38. The fraction of sp³-hybridized carbons (Fsp3) is 0.632. The van der Waals surface area contributed by atoms with Crippen LogP contribution in [0.2, 0.25) is 0 Å². The van der Waals surface area contributed by atoms with Crippen molar-refractivity contribution in [3.8, 4) is 0 Å². The van der Waals surface area contributed by atoms with Crippen molar-refractivity contribution in [2.24, 2.45) is 0 Å². The standard InChI is InChI=1S/C19H27FN2O2/c1-19(2,14-6-3-4-7-15(14)20)18(24)22-12-10-21(11-13-22)16-8-5-9-17(16)23/h3-4,6-7,16-17,23H,5,8-13H2,1-2H3/t16-,17-/m0/s1. The van der Waals surface area contributed by atoms with E-state index in [0.29, 0.717) is 18.7 Å². The first-order chi connectivity index (χ1) is 11.4. The summed E-state index contributed by atoms with van der Waals surface area (Å²) >= 11 is 0. The third-order valence-electron chi connectivity index (χ3n) is 5.60. The lowest BCUT2D eigenvalue weighted by Gasteiger charge is -2.41. The Hall–Kier alpha value is -1.46. The fourth-order valence-electron chi connectivity index (χ4n) is 4.08. The van der Waals surface area contributed by atoms with Crippen LogP contribution >= 0.6 is 0 Å². The maximum Gasteiger partial charge on any atom is 0.232 e. The van der Waals surface area contributed by atoms with Gasteiger partial charge >= 0.3 is 0 Å².